The molecular formula is C22H20N2O4. The third-order valence-corrected chi connectivity index (χ3v) is 5.03. The van der Waals surface area contributed by atoms with Crippen molar-refractivity contribution in [2.45, 2.75) is 25.3 Å². The van der Waals surface area contributed by atoms with Crippen LogP contribution in [0.25, 0.3) is 0 Å². The highest BCUT2D eigenvalue weighted by atomic mass is 16.5. The minimum absolute atomic E-state index is 0.234. The van der Waals surface area contributed by atoms with Crippen molar-refractivity contribution in [2.24, 2.45) is 0 Å². The van der Waals surface area contributed by atoms with E-state index < -0.39 is 17.9 Å². The standard InChI is InChI=1S/C22H20N2O4/c1-14-10-11-17(20(25)23-14)24-21(26)16-8-5-9-18(19(16)22(24)27)28-13-12-15-6-3-2-4-7-15/h2-9,17H,1,10-13H2,(H,23,25). The van der Waals surface area contributed by atoms with Crippen LogP contribution in [0.5, 0.6) is 5.75 Å². The van der Waals surface area contributed by atoms with Crippen LogP contribution in [0.15, 0.2) is 60.8 Å². The Morgan fingerprint density at radius 1 is 1.04 bits per heavy atom. The van der Waals surface area contributed by atoms with Crippen molar-refractivity contribution in [1.82, 2.24) is 10.2 Å². The van der Waals surface area contributed by atoms with Gasteiger partial charge in [-0.3, -0.25) is 19.3 Å². The van der Waals surface area contributed by atoms with Gasteiger partial charge in [0.25, 0.3) is 11.8 Å². The summed E-state index contributed by atoms with van der Waals surface area (Å²) < 4.78 is 5.84. The summed E-state index contributed by atoms with van der Waals surface area (Å²) in [6.45, 7) is 4.12. The van der Waals surface area contributed by atoms with E-state index in [-0.39, 0.29) is 17.0 Å². The van der Waals surface area contributed by atoms with Gasteiger partial charge in [0.15, 0.2) is 0 Å². The van der Waals surface area contributed by atoms with Crippen molar-refractivity contribution in [3.05, 3.63) is 77.5 Å². The number of piperidine rings is 1. The average molecular weight is 376 g/mol. The zero-order chi connectivity index (χ0) is 19.7. The number of nitrogens with zero attached hydrogens (tertiary/aromatic N) is 1. The molecule has 1 fully saturated rings. The molecule has 1 atom stereocenters. The highest BCUT2D eigenvalue weighted by molar-refractivity contribution is 6.24. The number of benzene rings is 2. The number of imide groups is 1. The highest BCUT2D eigenvalue weighted by Crippen LogP contribution is 2.34. The fraction of sp³-hybridized carbons (Fsp3) is 0.227. The lowest BCUT2D eigenvalue weighted by molar-refractivity contribution is -0.125. The summed E-state index contributed by atoms with van der Waals surface area (Å²) in [5.74, 6) is -0.948. The van der Waals surface area contributed by atoms with E-state index in [9.17, 15) is 14.4 Å². The smallest absolute Gasteiger partial charge is 0.266 e. The van der Waals surface area contributed by atoms with Gasteiger partial charge in [-0.25, -0.2) is 0 Å². The molecule has 28 heavy (non-hydrogen) atoms. The second-order valence-corrected chi connectivity index (χ2v) is 6.89. The van der Waals surface area contributed by atoms with Gasteiger partial charge in [-0.15, -0.1) is 0 Å². The van der Waals surface area contributed by atoms with Crippen molar-refractivity contribution in [1.29, 1.82) is 0 Å². The van der Waals surface area contributed by atoms with Crippen LogP contribution < -0.4 is 10.1 Å². The lowest BCUT2D eigenvalue weighted by atomic mass is 10.0. The topological polar surface area (TPSA) is 75.7 Å². The van der Waals surface area contributed by atoms with E-state index in [1.165, 1.54) is 0 Å². The highest BCUT2D eigenvalue weighted by Gasteiger charge is 2.45. The molecule has 1 N–H and O–H groups in total. The summed E-state index contributed by atoms with van der Waals surface area (Å²) >= 11 is 0. The molecule has 1 unspecified atom stereocenters. The molecule has 142 valence electrons. The average Bonchev–Trinajstić information content (AvgIpc) is 2.94. The van der Waals surface area contributed by atoms with Crippen LogP contribution in [-0.4, -0.2) is 35.3 Å². The van der Waals surface area contributed by atoms with Crippen LogP contribution in [0.1, 0.15) is 39.1 Å². The number of allylic oxidation sites excluding steroid dienone is 1. The van der Waals surface area contributed by atoms with E-state index in [0.717, 1.165) is 10.5 Å². The molecule has 2 aromatic carbocycles. The van der Waals surface area contributed by atoms with Crippen molar-refractivity contribution in [2.75, 3.05) is 6.61 Å². The van der Waals surface area contributed by atoms with Crippen LogP contribution in [0.3, 0.4) is 0 Å². The first-order valence-corrected chi connectivity index (χ1v) is 9.22. The number of carbonyl (C=O) groups is 3. The monoisotopic (exact) mass is 376 g/mol. The Hall–Kier alpha value is -3.41. The molecule has 0 spiro atoms. The van der Waals surface area contributed by atoms with E-state index in [1.54, 1.807) is 18.2 Å². The van der Waals surface area contributed by atoms with Gasteiger partial charge in [0.2, 0.25) is 5.91 Å². The molecule has 2 aliphatic heterocycles. The number of amides is 3. The molecule has 2 heterocycles. The van der Waals surface area contributed by atoms with Crippen molar-refractivity contribution >= 4 is 17.7 Å². The second-order valence-electron chi connectivity index (χ2n) is 6.89. The van der Waals surface area contributed by atoms with Crippen LogP contribution >= 0.6 is 0 Å². The first-order chi connectivity index (χ1) is 13.6. The SMILES string of the molecule is C=C1CCC(N2C(=O)c3cccc(OCCc4ccccc4)c3C2=O)C(=O)N1. The molecule has 2 aliphatic rings. The van der Waals surface area contributed by atoms with Crippen molar-refractivity contribution < 1.29 is 19.1 Å². The summed E-state index contributed by atoms with van der Waals surface area (Å²) in [4.78, 5) is 39.2. The first kappa shape index (κ1) is 18.0. The maximum absolute atomic E-state index is 13.0. The predicted octanol–water partition coefficient (Wildman–Crippen LogP) is 2.70. The fourth-order valence-electron chi connectivity index (χ4n) is 3.61. The van der Waals surface area contributed by atoms with E-state index >= 15 is 0 Å². The molecule has 0 aliphatic carbocycles. The van der Waals surface area contributed by atoms with E-state index in [0.29, 0.717) is 37.3 Å². The Balaban J connectivity index is 1.54. The molecule has 6 heteroatoms. The molecular weight excluding hydrogens is 356 g/mol. The molecule has 2 aromatic rings. The summed E-state index contributed by atoms with van der Waals surface area (Å²) in [5, 5.41) is 2.63. The van der Waals surface area contributed by atoms with E-state index in [1.807, 2.05) is 30.3 Å². The maximum atomic E-state index is 13.0. The van der Waals surface area contributed by atoms with Gasteiger partial charge in [0.05, 0.1) is 17.7 Å². The van der Waals surface area contributed by atoms with Crippen molar-refractivity contribution in [3.63, 3.8) is 0 Å². The molecule has 0 bridgehead atoms. The fourth-order valence-corrected chi connectivity index (χ4v) is 3.61. The third kappa shape index (κ3) is 3.17. The summed E-state index contributed by atoms with van der Waals surface area (Å²) in [7, 11) is 0. The number of rotatable bonds is 5. The predicted molar refractivity (Wildman–Crippen MR) is 103 cm³/mol. The zero-order valence-electron chi connectivity index (χ0n) is 15.3. The van der Waals surface area contributed by atoms with Crippen LogP contribution in [0, 0.1) is 0 Å². The van der Waals surface area contributed by atoms with Crippen molar-refractivity contribution in [3.8, 4) is 5.75 Å². The second kappa shape index (κ2) is 7.31. The molecule has 3 amide bonds. The van der Waals surface area contributed by atoms with Crippen LogP contribution in [0.4, 0.5) is 0 Å². The van der Waals surface area contributed by atoms with Crippen LogP contribution in [-0.2, 0) is 11.2 Å². The Morgan fingerprint density at radius 3 is 2.57 bits per heavy atom. The van der Waals surface area contributed by atoms with Gasteiger partial charge >= 0.3 is 0 Å². The Bertz CT molecular complexity index is 968. The molecule has 1 saturated heterocycles. The van der Waals surface area contributed by atoms with Crippen LogP contribution in [0.2, 0.25) is 0 Å². The lowest BCUT2D eigenvalue weighted by Crippen LogP contribution is -2.51. The van der Waals surface area contributed by atoms with E-state index in [4.69, 9.17) is 4.74 Å². The third-order valence-electron chi connectivity index (χ3n) is 5.03. The maximum Gasteiger partial charge on any atom is 0.266 e. The molecule has 6 nitrogen and oxygen atoms in total. The summed E-state index contributed by atoms with van der Waals surface area (Å²) in [5.41, 5.74) is 2.23. The number of hydrogen-bond donors (Lipinski definition) is 1. The Labute approximate surface area is 162 Å². The zero-order valence-corrected chi connectivity index (χ0v) is 15.3. The van der Waals surface area contributed by atoms with Gasteiger partial charge in [0, 0.05) is 12.1 Å². The number of nitrogens with one attached hydrogen (secondary N) is 1. The number of hydrogen-bond acceptors (Lipinski definition) is 4. The van der Waals surface area contributed by atoms with Gasteiger partial charge in [-0.2, -0.15) is 0 Å². The molecule has 4 rings (SSSR count). The molecule has 0 aromatic heterocycles. The quantitative estimate of drug-likeness (QED) is 0.814. The summed E-state index contributed by atoms with van der Waals surface area (Å²) in [6, 6.07) is 14.0. The number of carbonyl (C=O) groups excluding carboxylic acids is 3. The molecule has 0 radical (unpaired) electrons. The minimum atomic E-state index is -0.824. The minimum Gasteiger partial charge on any atom is -0.492 e. The lowest BCUT2D eigenvalue weighted by Gasteiger charge is -2.29. The Morgan fingerprint density at radius 2 is 1.82 bits per heavy atom. The number of ether oxygens (including phenoxy) is 1. The van der Waals surface area contributed by atoms with Gasteiger partial charge in [-0.05, 0) is 30.5 Å². The normalized spacial score (nSPS) is 18.9. The van der Waals surface area contributed by atoms with E-state index in [2.05, 4.69) is 11.9 Å². The first-order valence-electron chi connectivity index (χ1n) is 9.22. The van der Waals surface area contributed by atoms with Gasteiger partial charge in [-0.1, -0.05) is 43.0 Å². The largest absolute Gasteiger partial charge is 0.492 e. The van der Waals surface area contributed by atoms with Gasteiger partial charge in [0.1, 0.15) is 11.8 Å². The number of fused-ring (bicyclic) bond motifs is 1. The Kier molecular flexibility index (Phi) is 4.69. The molecule has 0 saturated carbocycles. The van der Waals surface area contributed by atoms with Gasteiger partial charge < -0.3 is 10.1 Å². The summed E-state index contributed by atoms with van der Waals surface area (Å²) in [6.07, 6.45) is 1.59.